The van der Waals surface area contributed by atoms with Gasteiger partial charge < -0.3 is 10.2 Å². The minimum Gasteiger partial charge on any atom is -0.445 e. The highest BCUT2D eigenvalue weighted by Crippen LogP contribution is 2.16. The summed E-state index contributed by atoms with van der Waals surface area (Å²) in [4.78, 5) is 4.20. The highest BCUT2D eigenvalue weighted by atomic mass is 16.4. The lowest BCUT2D eigenvalue weighted by Crippen LogP contribution is -2.07. The SMILES string of the molecule is CC(C)Cc1ncc(C(C)CN)o1. The van der Waals surface area contributed by atoms with Crippen LogP contribution in [0.25, 0.3) is 0 Å². The van der Waals surface area contributed by atoms with Crippen LogP contribution in [0.1, 0.15) is 38.3 Å². The van der Waals surface area contributed by atoms with Crippen LogP contribution in [0.5, 0.6) is 0 Å². The van der Waals surface area contributed by atoms with E-state index in [1.54, 1.807) is 6.20 Å². The fraction of sp³-hybridized carbons (Fsp3) is 0.700. The van der Waals surface area contributed by atoms with Crippen LogP contribution >= 0.6 is 0 Å². The highest BCUT2D eigenvalue weighted by molar-refractivity contribution is 5.01. The van der Waals surface area contributed by atoms with Gasteiger partial charge in [-0.3, -0.25) is 0 Å². The van der Waals surface area contributed by atoms with Gasteiger partial charge in [0.25, 0.3) is 0 Å². The number of rotatable bonds is 4. The third-order valence-electron chi connectivity index (χ3n) is 1.99. The van der Waals surface area contributed by atoms with Crippen molar-refractivity contribution >= 4 is 0 Å². The van der Waals surface area contributed by atoms with Gasteiger partial charge in [0.05, 0.1) is 6.20 Å². The summed E-state index contributed by atoms with van der Waals surface area (Å²) >= 11 is 0. The largest absolute Gasteiger partial charge is 0.445 e. The first-order chi connectivity index (χ1) is 6.13. The zero-order valence-electron chi connectivity index (χ0n) is 8.58. The van der Waals surface area contributed by atoms with E-state index in [0.29, 0.717) is 12.5 Å². The van der Waals surface area contributed by atoms with Crippen LogP contribution < -0.4 is 5.73 Å². The van der Waals surface area contributed by atoms with Crippen LogP contribution in [-0.4, -0.2) is 11.5 Å². The van der Waals surface area contributed by atoms with Crippen LogP contribution in [0.2, 0.25) is 0 Å². The first-order valence-corrected chi connectivity index (χ1v) is 4.78. The van der Waals surface area contributed by atoms with E-state index in [1.807, 2.05) is 6.92 Å². The molecule has 0 spiro atoms. The zero-order chi connectivity index (χ0) is 9.84. The second kappa shape index (κ2) is 4.42. The molecule has 0 aliphatic carbocycles. The van der Waals surface area contributed by atoms with Crippen molar-refractivity contribution in [3.05, 3.63) is 17.8 Å². The van der Waals surface area contributed by atoms with E-state index in [2.05, 4.69) is 18.8 Å². The summed E-state index contributed by atoms with van der Waals surface area (Å²) in [5.74, 6) is 2.58. The first-order valence-electron chi connectivity index (χ1n) is 4.78. The highest BCUT2D eigenvalue weighted by Gasteiger charge is 2.10. The molecule has 2 N–H and O–H groups in total. The number of aromatic nitrogens is 1. The molecule has 1 heterocycles. The molecule has 0 bridgehead atoms. The van der Waals surface area contributed by atoms with Gasteiger partial charge in [-0.15, -0.1) is 0 Å². The molecular weight excluding hydrogens is 164 g/mol. The maximum atomic E-state index is 5.56. The lowest BCUT2D eigenvalue weighted by Gasteiger charge is -2.02. The summed E-state index contributed by atoms with van der Waals surface area (Å²) < 4.78 is 5.56. The van der Waals surface area contributed by atoms with Crippen molar-refractivity contribution in [2.75, 3.05) is 6.54 Å². The van der Waals surface area contributed by atoms with E-state index >= 15 is 0 Å². The molecule has 1 aromatic heterocycles. The Morgan fingerprint density at radius 1 is 1.46 bits per heavy atom. The smallest absolute Gasteiger partial charge is 0.194 e. The van der Waals surface area contributed by atoms with Gasteiger partial charge in [-0.2, -0.15) is 0 Å². The van der Waals surface area contributed by atoms with Crippen molar-refractivity contribution in [2.45, 2.75) is 33.1 Å². The van der Waals surface area contributed by atoms with Gasteiger partial charge in [0, 0.05) is 18.9 Å². The normalized spacial score (nSPS) is 13.6. The van der Waals surface area contributed by atoms with Crippen LogP contribution in [0.4, 0.5) is 0 Å². The van der Waals surface area contributed by atoms with E-state index in [4.69, 9.17) is 10.2 Å². The third kappa shape index (κ3) is 2.84. The van der Waals surface area contributed by atoms with E-state index < -0.39 is 0 Å². The standard InChI is InChI=1S/C10H18N2O/c1-7(2)4-10-12-6-9(13-10)8(3)5-11/h6-8H,4-5,11H2,1-3H3. The molecule has 13 heavy (non-hydrogen) atoms. The number of hydrogen-bond donors (Lipinski definition) is 1. The first kappa shape index (κ1) is 10.3. The number of nitrogens with zero attached hydrogens (tertiary/aromatic N) is 1. The Morgan fingerprint density at radius 3 is 2.69 bits per heavy atom. The minimum absolute atomic E-state index is 0.272. The molecule has 0 aliphatic heterocycles. The van der Waals surface area contributed by atoms with Crippen molar-refractivity contribution in [3.8, 4) is 0 Å². The third-order valence-corrected chi connectivity index (χ3v) is 1.99. The number of hydrogen-bond acceptors (Lipinski definition) is 3. The Balaban J connectivity index is 2.63. The van der Waals surface area contributed by atoms with Gasteiger partial charge in [0.15, 0.2) is 5.89 Å². The van der Waals surface area contributed by atoms with Crippen LogP contribution in [-0.2, 0) is 6.42 Å². The molecule has 1 atom stereocenters. The molecule has 0 saturated carbocycles. The fourth-order valence-corrected chi connectivity index (χ4v) is 1.11. The van der Waals surface area contributed by atoms with Crippen LogP contribution in [0, 0.1) is 5.92 Å². The second-order valence-corrected chi connectivity index (χ2v) is 3.89. The van der Waals surface area contributed by atoms with Crippen molar-refractivity contribution in [2.24, 2.45) is 11.7 Å². The fourth-order valence-electron chi connectivity index (χ4n) is 1.11. The summed E-state index contributed by atoms with van der Waals surface area (Å²) in [5.41, 5.74) is 5.53. The maximum absolute atomic E-state index is 5.56. The lowest BCUT2D eigenvalue weighted by atomic mass is 10.1. The van der Waals surface area contributed by atoms with Crippen LogP contribution in [0.15, 0.2) is 10.6 Å². The molecule has 1 unspecified atom stereocenters. The summed E-state index contributed by atoms with van der Waals surface area (Å²) in [6.45, 7) is 6.95. The molecule has 74 valence electrons. The molecule has 0 saturated heterocycles. The molecule has 0 aliphatic rings. The molecule has 3 heteroatoms. The average molecular weight is 182 g/mol. The van der Waals surface area contributed by atoms with Gasteiger partial charge in [-0.05, 0) is 5.92 Å². The Kier molecular flexibility index (Phi) is 3.48. The second-order valence-electron chi connectivity index (χ2n) is 3.89. The van der Waals surface area contributed by atoms with Crippen molar-refractivity contribution in [1.29, 1.82) is 0 Å². The van der Waals surface area contributed by atoms with Crippen molar-refractivity contribution in [1.82, 2.24) is 4.98 Å². The summed E-state index contributed by atoms with van der Waals surface area (Å²) in [6.07, 6.45) is 2.69. The predicted molar refractivity (Wildman–Crippen MR) is 52.5 cm³/mol. The molecule has 0 radical (unpaired) electrons. The Bertz CT molecular complexity index is 255. The molecule has 1 aromatic rings. The van der Waals surface area contributed by atoms with Gasteiger partial charge in [-0.25, -0.2) is 4.98 Å². The Hall–Kier alpha value is -0.830. The van der Waals surface area contributed by atoms with Crippen molar-refractivity contribution in [3.63, 3.8) is 0 Å². The molecule has 0 amide bonds. The van der Waals surface area contributed by atoms with Crippen molar-refractivity contribution < 1.29 is 4.42 Å². The summed E-state index contributed by atoms with van der Waals surface area (Å²) in [6, 6.07) is 0. The maximum Gasteiger partial charge on any atom is 0.194 e. The predicted octanol–water partition coefficient (Wildman–Crippen LogP) is 1.94. The van der Waals surface area contributed by atoms with E-state index in [9.17, 15) is 0 Å². The van der Waals surface area contributed by atoms with E-state index in [-0.39, 0.29) is 5.92 Å². The summed E-state index contributed by atoms with van der Waals surface area (Å²) in [5, 5.41) is 0. The van der Waals surface area contributed by atoms with E-state index in [1.165, 1.54) is 0 Å². The number of nitrogens with two attached hydrogens (primary N) is 1. The van der Waals surface area contributed by atoms with Gasteiger partial charge in [0.2, 0.25) is 0 Å². The Morgan fingerprint density at radius 2 is 2.15 bits per heavy atom. The monoisotopic (exact) mass is 182 g/mol. The molecule has 0 aromatic carbocycles. The topological polar surface area (TPSA) is 52.0 Å². The van der Waals surface area contributed by atoms with E-state index in [0.717, 1.165) is 18.1 Å². The molecule has 3 nitrogen and oxygen atoms in total. The Labute approximate surface area is 79.3 Å². The average Bonchev–Trinajstić information content (AvgIpc) is 2.50. The molecule has 1 rings (SSSR count). The quantitative estimate of drug-likeness (QED) is 0.774. The zero-order valence-corrected chi connectivity index (χ0v) is 8.58. The number of oxazole rings is 1. The van der Waals surface area contributed by atoms with Gasteiger partial charge >= 0.3 is 0 Å². The lowest BCUT2D eigenvalue weighted by molar-refractivity contribution is 0.412. The molecule has 0 fully saturated rings. The molecular formula is C10H18N2O. The van der Waals surface area contributed by atoms with Crippen LogP contribution in [0.3, 0.4) is 0 Å². The van der Waals surface area contributed by atoms with Gasteiger partial charge in [0.1, 0.15) is 5.76 Å². The minimum atomic E-state index is 0.272. The summed E-state index contributed by atoms with van der Waals surface area (Å²) in [7, 11) is 0. The van der Waals surface area contributed by atoms with Gasteiger partial charge in [-0.1, -0.05) is 20.8 Å².